The molecule has 352 valence electrons. The van der Waals surface area contributed by atoms with E-state index in [0.717, 1.165) is 39.3 Å². The number of hydrogen-bond donors (Lipinski definition) is 0. The molecular weight excluding hydrogens is 893 g/mol. The number of ether oxygens (including phenoxy) is 2. The van der Waals surface area contributed by atoms with Crippen LogP contribution in [0.4, 0.5) is 0 Å². The van der Waals surface area contributed by atoms with Crippen LogP contribution in [-0.2, 0) is 50.0 Å². The van der Waals surface area contributed by atoms with Crippen LogP contribution >= 0.6 is 11.8 Å². The van der Waals surface area contributed by atoms with E-state index in [0.29, 0.717) is 13.0 Å². The summed E-state index contributed by atoms with van der Waals surface area (Å²) >= 11 is 1.85. The highest BCUT2D eigenvalue weighted by Gasteiger charge is 2.45. The van der Waals surface area contributed by atoms with Crippen molar-refractivity contribution in [2.24, 2.45) is 11.8 Å². The van der Waals surface area contributed by atoms with Crippen LogP contribution in [-0.4, -0.2) is 92.9 Å². The number of amides is 2. The van der Waals surface area contributed by atoms with E-state index >= 15 is 0 Å². The molecule has 0 N–H and O–H groups in total. The molecule has 0 aliphatic carbocycles. The fraction of sp³-hybridized carbons (Fsp3) is 0.286. The summed E-state index contributed by atoms with van der Waals surface area (Å²) in [5.74, 6) is -0.655. The second kappa shape index (κ2) is 24.0. The predicted octanol–water partition coefficient (Wildman–Crippen LogP) is 8.97. The molecule has 0 spiro atoms. The maximum absolute atomic E-state index is 13.9. The Kier molecular flexibility index (Phi) is 17.4. The molecule has 0 aromatic heterocycles. The van der Waals surface area contributed by atoms with Crippen LogP contribution in [0.25, 0.3) is 0 Å². The van der Waals surface area contributed by atoms with Gasteiger partial charge in [0.25, 0.3) is 0 Å². The van der Waals surface area contributed by atoms with E-state index in [1.165, 1.54) is 24.7 Å². The van der Waals surface area contributed by atoms with Crippen molar-refractivity contribution < 1.29 is 37.1 Å². The number of benzene rings is 6. The molecule has 8 rings (SSSR count). The summed E-state index contributed by atoms with van der Waals surface area (Å²) < 4.78 is 36.0. The molecule has 4 atom stereocenters. The van der Waals surface area contributed by atoms with Crippen LogP contribution in [0.2, 0.25) is 0 Å². The van der Waals surface area contributed by atoms with Crippen molar-refractivity contribution in [3.8, 4) is 0 Å². The minimum Gasteiger partial charge on any atom is -0.467 e. The molecule has 2 aliphatic rings. The van der Waals surface area contributed by atoms with Crippen LogP contribution in [0.5, 0.6) is 0 Å². The van der Waals surface area contributed by atoms with Crippen molar-refractivity contribution in [1.29, 1.82) is 0 Å². The van der Waals surface area contributed by atoms with Crippen LogP contribution < -0.4 is 0 Å². The van der Waals surface area contributed by atoms with Crippen LogP contribution in [0.3, 0.4) is 0 Å². The van der Waals surface area contributed by atoms with Gasteiger partial charge in [-0.25, -0.2) is 18.0 Å². The van der Waals surface area contributed by atoms with Gasteiger partial charge in [-0.2, -0.15) is 11.8 Å². The monoisotopic (exact) mass is 950 g/mol. The van der Waals surface area contributed by atoms with E-state index in [1.54, 1.807) is 29.2 Å². The van der Waals surface area contributed by atoms with Crippen molar-refractivity contribution in [2.75, 3.05) is 38.8 Å². The number of methoxy groups -OCH3 is 2. The zero-order chi connectivity index (χ0) is 47.9. The lowest BCUT2D eigenvalue weighted by atomic mass is 9.90. The molecule has 0 bridgehead atoms. The summed E-state index contributed by atoms with van der Waals surface area (Å²) in [5.41, 5.74) is 5.49. The number of sulfone groups is 1. The van der Waals surface area contributed by atoms with Crippen LogP contribution in [0.1, 0.15) is 58.1 Å². The average Bonchev–Trinajstić information content (AvgIpc) is 4.00. The molecule has 0 radical (unpaired) electrons. The third-order valence-corrected chi connectivity index (χ3v) is 15.5. The largest absolute Gasteiger partial charge is 0.467 e. The highest BCUT2D eigenvalue weighted by atomic mass is 32.2. The first-order valence-electron chi connectivity index (χ1n) is 22.9. The molecule has 2 saturated heterocycles. The lowest BCUT2D eigenvalue weighted by Crippen LogP contribution is -2.43. The predicted molar refractivity (Wildman–Crippen MR) is 267 cm³/mol. The second-order valence-electron chi connectivity index (χ2n) is 17.3. The van der Waals surface area contributed by atoms with Gasteiger partial charge in [0, 0.05) is 18.8 Å². The molecule has 2 amide bonds. The Bertz CT molecular complexity index is 2580. The molecular formula is C56H58N2O8S2. The Morgan fingerprint density at radius 2 is 0.853 bits per heavy atom. The molecule has 2 heterocycles. The van der Waals surface area contributed by atoms with Gasteiger partial charge in [-0.15, -0.1) is 0 Å². The number of carbonyl (C=O) groups excluding carboxylic acids is 4. The minimum absolute atomic E-state index is 0.0432. The summed E-state index contributed by atoms with van der Waals surface area (Å²) in [6.45, 7) is 0.749. The van der Waals surface area contributed by atoms with Gasteiger partial charge in [-0.1, -0.05) is 182 Å². The number of likely N-dealkylation sites (tertiary alicyclic amines) is 2. The van der Waals surface area contributed by atoms with Gasteiger partial charge < -0.3 is 19.3 Å². The molecule has 0 unspecified atom stereocenters. The Morgan fingerprint density at radius 3 is 1.24 bits per heavy atom. The van der Waals surface area contributed by atoms with Gasteiger partial charge in [0.05, 0.1) is 37.6 Å². The summed E-state index contributed by atoms with van der Waals surface area (Å²) in [4.78, 5) is 56.4. The Morgan fingerprint density at radius 1 is 0.515 bits per heavy atom. The zero-order valence-corrected chi connectivity index (χ0v) is 40.1. The van der Waals surface area contributed by atoms with E-state index in [1.807, 2.05) is 157 Å². The third-order valence-electron chi connectivity index (χ3n) is 12.5. The van der Waals surface area contributed by atoms with Gasteiger partial charge in [-0.3, -0.25) is 9.59 Å². The fourth-order valence-electron chi connectivity index (χ4n) is 9.33. The second-order valence-corrected chi connectivity index (χ2v) is 20.5. The summed E-state index contributed by atoms with van der Waals surface area (Å²) in [7, 11) is -0.752. The summed E-state index contributed by atoms with van der Waals surface area (Å²) in [5, 5.41) is 0. The van der Waals surface area contributed by atoms with Crippen molar-refractivity contribution in [3.05, 3.63) is 215 Å². The Balaban J connectivity index is 0.000000202. The van der Waals surface area contributed by atoms with Crippen molar-refractivity contribution in [1.82, 2.24) is 9.80 Å². The number of hydrogen-bond acceptors (Lipinski definition) is 9. The molecule has 6 aromatic carbocycles. The molecule has 68 heavy (non-hydrogen) atoms. The smallest absolute Gasteiger partial charge is 0.328 e. The van der Waals surface area contributed by atoms with E-state index in [9.17, 15) is 27.6 Å². The van der Waals surface area contributed by atoms with E-state index in [2.05, 4.69) is 12.1 Å². The number of thioether (sulfide) groups is 1. The molecule has 2 fully saturated rings. The molecule has 12 heteroatoms. The van der Waals surface area contributed by atoms with Crippen LogP contribution in [0.15, 0.2) is 182 Å². The quantitative estimate of drug-likeness (QED) is 0.0875. The van der Waals surface area contributed by atoms with Gasteiger partial charge in [0.1, 0.15) is 12.1 Å². The number of rotatable bonds is 16. The maximum atomic E-state index is 13.9. The highest BCUT2D eigenvalue weighted by Crippen LogP contribution is 2.36. The summed E-state index contributed by atoms with van der Waals surface area (Å²) in [6.07, 6.45) is 0.888. The molecule has 2 aliphatic heterocycles. The van der Waals surface area contributed by atoms with E-state index < -0.39 is 39.7 Å². The first-order valence-corrected chi connectivity index (χ1v) is 25.8. The lowest BCUT2D eigenvalue weighted by Gasteiger charge is -2.28. The van der Waals surface area contributed by atoms with Crippen molar-refractivity contribution >= 4 is 45.4 Å². The lowest BCUT2D eigenvalue weighted by molar-refractivity contribution is -0.151. The number of nitrogens with zero attached hydrogens (tertiary/aromatic N) is 2. The van der Waals surface area contributed by atoms with Gasteiger partial charge in [-0.05, 0) is 63.8 Å². The topological polar surface area (TPSA) is 127 Å². The molecule has 6 aromatic rings. The van der Waals surface area contributed by atoms with Crippen molar-refractivity contribution in [3.63, 3.8) is 0 Å². The zero-order valence-electron chi connectivity index (χ0n) is 38.4. The first kappa shape index (κ1) is 49.4. The first-order chi connectivity index (χ1) is 33.0. The Labute approximate surface area is 404 Å². The molecule has 10 nitrogen and oxygen atoms in total. The van der Waals surface area contributed by atoms with E-state index in [-0.39, 0.29) is 54.1 Å². The fourth-order valence-corrected chi connectivity index (χ4v) is 12.2. The summed E-state index contributed by atoms with van der Waals surface area (Å²) in [6, 6.07) is 56.4. The standard InChI is InChI=1S/C28H29NO5S.C28H29NO3S/c1-34-28(31)25-17-22(20-35(32,33)19-21-11-5-2-6-12-21)18-29(25)27(30)26(23-13-7-3-8-14-23)24-15-9-4-10-16-24;1-32-28(31)25-17-22(20-33-19-21-11-5-2-6-12-21)18-29(25)27(30)26(23-13-7-3-8-14-23)24-15-9-4-10-16-24/h2-16,22,25-26H,17-20H2,1H3;2-16,22,25-26H,17-20H2,1H3/t2*22-,25-/m00/s1. The van der Waals surface area contributed by atoms with Crippen LogP contribution in [0, 0.1) is 11.8 Å². The Hall–Kier alpha value is -6.50. The molecule has 0 saturated carbocycles. The average molecular weight is 951 g/mol. The SMILES string of the molecule is COC(=O)[C@@H]1C[C@H](CS(=O)(=O)Cc2ccccc2)CN1C(=O)C(c1ccccc1)c1ccccc1.COC(=O)[C@@H]1C[C@H](CSCc2ccccc2)CN1C(=O)C(c1ccccc1)c1ccccc1. The van der Waals surface area contributed by atoms with Gasteiger partial charge >= 0.3 is 11.9 Å². The van der Waals surface area contributed by atoms with Gasteiger partial charge in [0.15, 0.2) is 9.84 Å². The van der Waals surface area contributed by atoms with Gasteiger partial charge in [0.2, 0.25) is 11.8 Å². The van der Waals surface area contributed by atoms with Crippen molar-refractivity contribution in [2.45, 2.75) is 48.3 Å². The van der Waals surface area contributed by atoms with E-state index in [4.69, 9.17) is 9.47 Å². The minimum atomic E-state index is -3.44. The number of carbonyl (C=O) groups is 4. The normalized spacial score (nSPS) is 17.9. The highest BCUT2D eigenvalue weighted by molar-refractivity contribution is 7.98. The number of esters is 2. The maximum Gasteiger partial charge on any atom is 0.328 e. The third kappa shape index (κ3) is 12.9.